The molecule has 1 fully saturated rings. The molecule has 0 amide bonds. The second-order valence-corrected chi connectivity index (χ2v) is 6.31. The lowest BCUT2D eigenvalue weighted by atomic mass is 9.88. The highest BCUT2D eigenvalue weighted by atomic mass is 79.9. The largest absolute Gasteiger partial charge is 0.312 e. The SMILES string of the molecule is Fc1ccc(CNCC2(CCl)CCCC2)cc1Br. The van der Waals surface area contributed by atoms with E-state index >= 15 is 0 Å². The summed E-state index contributed by atoms with van der Waals surface area (Å²) in [7, 11) is 0. The van der Waals surface area contributed by atoms with Gasteiger partial charge in [-0.15, -0.1) is 11.6 Å². The number of benzene rings is 1. The van der Waals surface area contributed by atoms with Crippen LogP contribution < -0.4 is 5.32 Å². The normalized spacial score (nSPS) is 18.2. The Hall–Kier alpha value is -0.120. The van der Waals surface area contributed by atoms with Gasteiger partial charge in [0.05, 0.1) is 4.47 Å². The number of alkyl halides is 1. The number of hydrogen-bond donors (Lipinski definition) is 1. The Morgan fingerprint density at radius 1 is 1.33 bits per heavy atom. The van der Waals surface area contributed by atoms with Gasteiger partial charge in [0.2, 0.25) is 0 Å². The molecule has 0 radical (unpaired) electrons. The van der Waals surface area contributed by atoms with E-state index in [-0.39, 0.29) is 11.2 Å². The van der Waals surface area contributed by atoms with Crippen LogP contribution in [-0.2, 0) is 6.54 Å². The maximum atomic E-state index is 13.1. The topological polar surface area (TPSA) is 12.0 Å². The maximum Gasteiger partial charge on any atom is 0.137 e. The number of nitrogens with one attached hydrogen (secondary N) is 1. The molecular weight excluding hydrogens is 317 g/mol. The first-order valence-corrected chi connectivity index (χ1v) is 7.69. The molecule has 1 aliphatic carbocycles. The number of halogens is 3. The summed E-state index contributed by atoms with van der Waals surface area (Å²) in [5.74, 6) is 0.513. The predicted molar refractivity (Wildman–Crippen MR) is 77.4 cm³/mol. The lowest BCUT2D eigenvalue weighted by molar-refractivity contribution is 0.320. The van der Waals surface area contributed by atoms with Gasteiger partial charge in [-0.25, -0.2) is 4.39 Å². The van der Waals surface area contributed by atoms with Gasteiger partial charge in [0.15, 0.2) is 0 Å². The van der Waals surface area contributed by atoms with Crippen LogP contribution in [-0.4, -0.2) is 12.4 Å². The third kappa shape index (κ3) is 3.46. The minimum Gasteiger partial charge on any atom is -0.312 e. The molecule has 1 aliphatic rings. The van der Waals surface area contributed by atoms with Gasteiger partial charge < -0.3 is 5.32 Å². The summed E-state index contributed by atoms with van der Waals surface area (Å²) < 4.78 is 13.6. The van der Waals surface area contributed by atoms with Crippen LogP contribution >= 0.6 is 27.5 Å². The van der Waals surface area contributed by atoms with E-state index in [1.165, 1.54) is 31.7 Å². The van der Waals surface area contributed by atoms with E-state index in [0.717, 1.165) is 24.5 Å². The summed E-state index contributed by atoms with van der Waals surface area (Å²) in [4.78, 5) is 0. The van der Waals surface area contributed by atoms with Crippen LogP contribution in [0.25, 0.3) is 0 Å². The van der Waals surface area contributed by atoms with E-state index in [1.807, 2.05) is 12.1 Å². The van der Waals surface area contributed by atoms with Crippen molar-refractivity contribution < 1.29 is 4.39 Å². The molecule has 0 unspecified atom stereocenters. The van der Waals surface area contributed by atoms with E-state index in [0.29, 0.717) is 4.47 Å². The van der Waals surface area contributed by atoms with Gasteiger partial charge >= 0.3 is 0 Å². The summed E-state index contributed by atoms with van der Waals surface area (Å²) in [5, 5.41) is 3.45. The Labute approximate surface area is 121 Å². The van der Waals surface area contributed by atoms with Crippen LogP contribution in [0.2, 0.25) is 0 Å². The Morgan fingerprint density at radius 3 is 2.67 bits per heavy atom. The van der Waals surface area contributed by atoms with Crippen molar-refractivity contribution in [2.24, 2.45) is 5.41 Å². The van der Waals surface area contributed by atoms with Crippen LogP contribution in [0.4, 0.5) is 4.39 Å². The van der Waals surface area contributed by atoms with Gasteiger partial charge in [-0.2, -0.15) is 0 Å². The van der Waals surface area contributed by atoms with Gasteiger partial charge in [0.25, 0.3) is 0 Å². The van der Waals surface area contributed by atoms with Gasteiger partial charge in [-0.1, -0.05) is 18.9 Å². The fourth-order valence-corrected chi connectivity index (χ4v) is 3.39. The highest BCUT2D eigenvalue weighted by Crippen LogP contribution is 2.38. The Balaban J connectivity index is 1.86. The average molecular weight is 335 g/mol. The molecule has 2 rings (SSSR count). The number of rotatable bonds is 5. The summed E-state index contributed by atoms with van der Waals surface area (Å²) in [6.45, 7) is 1.71. The summed E-state index contributed by atoms with van der Waals surface area (Å²) in [6, 6.07) is 5.13. The molecule has 0 aromatic heterocycles. The molecule has 0 aliphatic heterocycles. The second-order valence-electron chi connectivity index (χ2n) is 5.19. The molecule has 1 nitrogen and oxygen atoms in total. The van der Waals surface area contributed by atoms with E-state index in [9.17, 15) is 4.39 Å². The van der Waals surface area contributed by atoms with Crippen LogP contribution in [0.1, 0.15) is 31.2 Å². The molecule has 4 heteroatoms. The molecule has 0 heterocycles. The van der Waals surface area contributed by atoms with Crippen LogP contribution in [0.5, 0.6) is 0 Å². The zero-order valence-corrected chi connectivity index (χ0v) is 12.7. The summed E-state index contributed by atoms with van der Waals surface area (Å²) in [5.41, 5.74) is 1.37. The van der Waals surface area contributed by atoms with E-state index in [1.54, 1.807) is 0 Å². The fourth-order valence-electron chi connectivity index (χ4n) is 2.60. The van der Waals surface area contributed by atoms with E-state index < -0.39 is 0 Å². The van der Waals surface area contributed by atoms with Gasteiger partial charge in [0, 0.05) is 19.0 Å². The molecule has 1 N–H and O–H groups in total. The standard InChI is InChI=1S/C14H18BrClFN/c15-12-7-11(3-4-13(12)17)8-18-10-14(9-16)5-1-2-6-14/h3-4,7,18H,1-2,5-6,8-10H2. The summed E-state index contributed by atoms with van der Waals surface area (Å²) >= 11 is 9.30. The molecule has 0 bridgehead atoms. The van der Waals surface area contributed by atoms with Gasteiger partial charge in [-0.05, 0) is 51.9 Å². The van der Waals surface area contributed by atoms with Gasteiger partial charge in [0.1, 0.15) is 5.82 Å². The molecule has 100 valence electrons. The molecule has 1 saturated carbocycles. The van der Waals surface area contributed by atoms with E-state index in [2.05, 4.69) is 21.2 Å². The van der Waals surface area contributed by atoms with E-state index in [4.69, 9.17) is 11.6 Å². The fraction of sp³-hybridized carbons (Fsp3) is 0.571. The zero-order valence-electron chi connectivity index (χ0n) is 10.3. The van der Waals surface area contributed by atoms with Crippen molar-refractivity contribution in [2.75, 3.05) is 12.4 Å². The minimum atomic E-state index is -0.216. The second kappa shape index (κ2) is 6.36. The van der Waals surface area contributed by atoms with Crippen molar-refractivity contribution in [1.82, 2.24) is 5.32 Å². The number of hydrogen-bond acceptors (Lipinski definition) is 1. The molecule has 1 aromatic carbocycles. The highest BCUT2D eigenvalue weighted by molar-refractivity contribution is 9.10. The third-order valence-corrected chi connectivity index (χ3v) is 4.94. The highest BCUT2D eigenvalue weighted by Gasteiger charge is 2.32. The lowest BCUT2D eigenvalue weighted by Gasteiger charge is -2.26. The van der Waals surface area contributed by atoms with Crippen molar-refractivity contribution in [1.29, 1.82) is 0 Å². The average Bonchev–Trinajstić information content (AvgIpc) is 2.83. The van der Waals surface area contributed by atoms with Crippen LogP contribution in [0, 0.1) is 11.2 Å². The molecule has 18 heavy (non-hydrogen) atoms. The first-order chi connectivity index (χ1) is 8.65. The Kier molecular flexibility index (Phi) is 5.05. The molecule has 0 saturated heterocycles. The Bertz CT molecular complexity index is 405. The van der Waals surface area contributed by atoms with Crippen molar-refractivity contribution in [3.05, 3.63) is 34.1 Å². The van der Waals surface area contributed by atoms with Crippen LogP contribution in [0.3, 0.4) is 0 Å². The van der Waals surface area contributed by atoms with Crippen molar-refractivity contribution in [3.63, 3.8) is 0 Å². The molecule has 0 spiro atoms. The Morgan fingerprint density at radius 2 is 2.06 bits per heavy atom. The summed E-state index contributed by atoms with van der Waals surface area (Å²) in [6.07, 6.45) is 5.01. The first-order valence-electron chi connectivity index (χ1n) is 6.36. The minimum absolute atomic E-state index is 0.216. The van der Waals surface area contributed by atoms with Crippen molar-refractivity contribution >= 4 is 27.5 Å². The zero-order chi connectivity index (χ0) is 13.0. The predicted octanol–water partition coefficient (Wildman–Crippen LogP) is 4.48. The molecule has 1 aromatic rings. The van der Waals surface area contributed by atoms with Crippen molar-refractivity contribution in [3.8, 4) is 0 Å². The molecular formula is C14H18BrClFN. The van der Waals surface area contributed by atoms with Gasteiger partial charge in [-0.3, -0.25) is 0 Å². The third-order valence-electron chi connectivity index (χ3n) is 3.76. The van der Waals surface area contributed by atoms with Crippen molar-refractivity contribution in [2.45, 2.75) is 32.2 Å². The lowest BCUT2D eigenvalue weighted by Crippen LogP contribution is -2.33. The quantitative estimate of drug-likeness (QED) is 0.783. The smallest absolute Gasteiger partial charge is 0.137 e. The van der Waals surface area contributed by atoms with Crippen LogP contribution in [0.15, 0.2) is 22.7 Å². The first kappa shape index (κ1) is 14.3. The molecule has 0 atom stereocenters. The maximum absolute atomic E-state index is 13.1. The monoisotopic (exact) mass is 333 g/mol.